The minimum atomic E-state index is 0.105. The lowest BCUT2D eigenvalue weighted by Gasteiger charge is -2.07. The zero-order valence-electron chi connectivity index (χ0n) is 13.1. The van der Waals surface area contributed by atoms with Crippen molar-refractivity contribution in [2.24, 2.45) is 0 Å². The maximum Gasteiger partial charge on any atom is 0.220 e. The molecule has 2 aromatic rings. The van der Waals surface area contributed by atoms with Crippen LogP contribution in [-0.2, 0) is 17.8 Å². The quantitative estimate of drug-likeness (QED) is 0.766. The van der Waals surface area contributed by atoms with E-state index in [9.17, 15) is 4.79 Å². The van der Waals surface area contributed by atoms with Gasteiger partial charge in [0.2, 0.25) is 5.91 Å². The maximum atomic E-state index is 11.8. The van der Waals surface area contributed by atoms with Gasteiger partial charge in [-0.25, -0.2) is 0 Å². The van der Waals surface area contributed by atoms with Gasteiger partial charge in [-0.3, -0.25) is 9.48 Å². The second-order valence-corrected chi connectivity index (χ2v) is 6.40. The Bertz CT molecular complexity index is 637. The summed E-state index contributed by atoms with van der Waals surface area (Å²) in [5.41, 5.74) is 3.38. The van der Waals surface area contributed by atoms with Crippen molar-refractivity contribution in [3.8, 4) is 0 Å². The van der Waals surface area contributed by atoms with Gasteiger partial charge in [0.05, 0.1) is 5.69 Å². The lowest BCUT2D eigenvalue weighted by Crippen LogP contribution is -2.25. The largest absolute Gasteiger partial charge is 0.356 e. The number of nitrogens with one attached hydrogen (secondary N) is 1. The third kappa shape index (κ3) is 5.30. The van der Waals surface area contributed by atoms with Crippen molar-refractivity contribution in [1.29, 1.82) is 0 Å². The van der Waals surface area contributed by atoms with Crippen molar-refractivity contribution >= 4 is 21.8 Å². The number of amides is 1. The normalized spacial score (nSPS) is 10.7. The smallest absolute Gasteiger partial charge is 0.220 e. The van der Waals surface area contributed by atoms with Crippen LogP contribution in [-0.4, -0.2) is 22.2 Å². The van der Waals surface area contributed by atoms with Gasteiger partial charge in [0.1, 0.15) is 0 Å². The Labute approximate surface area is 140 Å². The van der Waals surface area contributed by atoms with Crippen LogP contribution in [0.5, 0.6) is 0 Å². The highest BCUT2D eigenvalue weighted by Gasteiger charge is 2.04. The lowest BCUT2D eigenvalue weighted by molar-refractivity contribution is -0.121. The van der Waals surface area contributed by atoms with Crippen LogP contribution in [0.4, 0.5) is 0 Å². The Morgan fingerprint density at radius 3 is 2.82 bits per heavy atom. The molecule has 1 aromatic carbocycles. The first-order valence-electron chi connectivity index (χ1n) is 7.57. The molecule has 4 nitrogen and oxygen atoms in total. The van der Waals surface area contributed by atoms with Crippen LogP contribution in [0.1, 0.15) is 29.8 Å². The molecule has 1 amide bonds. The molecule has 2 rings (SSSR count). The number of carbonyl (C=O) groups is 1. The van der Waals surface area contributed by atoms with Crippen LogP contribution in [0.2, 0.25) is 0 Å². The van der Waals surface area contributed by atoms with Crippen molar-refractivity contribution in [3.63, 3.8) is 0 Å². The standard InChI is InChI=1S/C17H22BrN3O/c1-13-11-14(2)21(20-13)10-4-9-19-17(22)8-7-15-5-3-6-16(18)12-15/h3,5-6,11-12H,4,7-10H2,1-2H3,(H,19,22). The summed E-state index contributed by atoms with van der Waals surface area (Å²) in [5, 5.41) is 7.38. The van der Waals surface area contributed by atoms with Gasteiger partial charge in [-0.2, -0.15) is 5.10 Å². The molecule has 22 heavy (non-hydrogen) atoms. The van der Waals surface area contributed by atoms with Crippen molar-refractivity contribution in [1.82, 2.24) is 15.1 Å². The number of rotatable bonds is 7. The number of hydrogen-bond donors (Lipinski definition) is 1. The first-order valence-corrected chi connectivity index (χ1v) is 8.36. The number of carbonyl (C=O) groups excluding carboxylic acids is 1. The van der Waals surface area contributed by atoms with E-state index in [1.165, 1.54) is 11.3 Å². The van der Waals surface area contributed by atoms with E-state index in [4.69, 9.17) is 0 Å². The number of benzene rings is 1. The zero-order chi connectivity index (χ0) is 15.9. The summed E-state index contributed by atoms with van der Waals surface area (Å²) in [5.74, 6) is 0.105. The fourth-order valence-electron chi connectivity index (χ4n) is 2.40. The molecule has 0 radical (unpaired) electrons. The summed E-state index contributed by atoms with van der Waals surface area (Å²) in [6.45, 7) is 5.57. The average Bonchev–Trinajstić information content (AvgIpc) is 2.79. The maximum absolute atomic E-state index is 11.8. The Morgan fingerprint density at radius 1 is 1.32 bits per heavy atom. The monoisotopic (exact) mass is 363 g/mol. The van der Waals surface area contributed by atoms with E-state index in [0.29, 0.717) is 13.0 Å². The highest BCUT2D eigenvalue weighted by molar-refractivity contribution is 9.10. The Morgan fingerprint density at radius 2 is 2.14 bits per heavy atom. The Hall–Kier alpha value is -1.62. The molecule has 0 aliphatic rings. The third-order valence-corrected chi connectivity index (χ3v) is 4.00. The van der Waals surface area contributed by atoms with Gasteiger partial charge in [0.15, 0.2) is 0 Å². The molecule has 0 spiro atoms. The summed E-state index contributed by atoms with van der Waals surface area (Å²) in [7, 11) is 0. The summed E-state index contributed by atoms with van der Waals surface area (Å²) < 4.78 is 3.04. The topological polar surface area (TPSA) is 46.9 Å². The SMILES string of the molecule is Cc1cc(C)n(CCCNC(=O)CCc2cccc(Br)c2)n1. The highest BCUT2D eigenvalue weighted by atomic mass is 79.9. The van der Waals surface area contributed by atoms with Gasteiger partial charge in [-0.15, -0.1) is 0 Å². The van der Waals surface area contributed by atoms with Gasteiger partial charge in [0, 0.05) is 29.7 Å². The summed E-state index contributed by atoms with van der Waals surface area (Å²) in [6.07, 6.45) is 2.18. The zero-order valence-corrected chi connectivity index (χ0v) is 14.7. The van der Waals surface area contributed by atoms with Crippen LogP contribution in [0.3, 0.4) is 0 Å². The average molecular weight is 364 g/mol. The van der Waals surface area contributed by atoms with E-state index in [0.717, 1.165) is 29.6 Å². The van der Waals surface area contributed by atoms with Crippen LogP contribution < -0.4 is 5.32 Å². The van der Waals surface area contributed by atoms with Crippen molar-refractivity contribution < 1.29 is 4.79 Å². The second kappa shape index (κ2) is 8.13. The molecule has 0 bridgehead atoms. The number of hydrogen-bond acceptors (Lipinski definition) is 2. The molecule has 1 aromatic heterocycles. The molecule has 0 fully saturated rings. The first-order chi connectivity index (χ1) is 10.5. The molecule has 0 saturated carbocycles. The molecule has 0 aliphatic carbocycles. The van der Waals surface area contributed by atoms with E-state index in [1.54, 1.807) is 0 Å². The van der Waals surface area contributed by atoms with Gasteiger partial charge in [-0.1, -0.05) is 28.1 Å². The predicted octanol–water partition coefficient (Wildman–Crippen LogP) is 3.40. The molecule has 1 N–H and O–H groups in total. The summed E-state index contributed by atoms with van der Waals surface area (Å²) >= 11 is 3.44. The van der Waals surface area contributed by atoms with Crippen molar-refractivity contribution in [2.45, 2.75) is 39.7 Å². The van der Waals surface area contributed by atoms with Crippen molar-refractivity contribution in [2.75, 3.05) is 6.54 Å². The minimum Gasteiger partial charge on any atom is -0.356 e. The van der Waals surface area contributed by atoms with Crippen LogP contribution >= 0.6 is 15.9 Å². The summed E-state index contributed by atoms with van der Waals surface area (Å²) in [4.78, 5) is 11.8. The van der Waals surface area contributed by atoms with E-state index < -0.39 is 0 Å². The molecule has 0 aliphatic heterocycles. The van der Waals surface area contributed by atoms with E-state index in [2.05, 4.69) is 45.4 Å². The molecular formula is C17H22BrN3O. The molecule has 0 atom stereocenters. The molecule has 118 valence electrons. The minimum absolute atomic E-state index is 0.105. The van der Waals surface area contributed by atoms with Gasteiger partial charge in [0.25, 0.3) is 0 Å². The molecule has 5 heteroatoms. The Balaban J connectivity index is 1.64. The summed E-state index contributed by atoms with van der Waals surface area (Å²) in [6, 6.07) is 10.1. The van der Waals surface area contributed by atoms with Gasteiger partial charge in [-0.05, 0) is 50.5 Å². The number of aryl methyl sites for hydroxylation is 4. The van der Waals surface area contributed by atoms with E-state index in [1.807, 2.05) is 29.8 Å². The molecule has 0 saturated heterocycles. The van der Waals surface area contributed by atoms with Gasteiger partial charge < -0.3 is 5.32 Å². The first kappa shape index (κ1) is 16.7. The number of aromatic nitrogens is 2. The molecule has 1 heterocycles. The van der Waals surface area contributed by atoms with Crippen molar-refractivity contribution in [3.05, 3.63) is 51.8 Å². The lowest BCUT2D eigenvalue weighted by atomic mass is 10.1. The van der Waals surface area contributed by atoms with Gasteiger partial charge >= 0.3 is 0 Å². The fraction of sp³-hybridized carbons (Fsp3) is 0.412. The second-order valence-electron chi connectivity index (χ2n) is 5.48. The number of halogens is 1. The van der Waals surface area contributed by atoms with E-state index >= 15 is 0 Å². The van der Waals surface area contributed by atoms with E-state index in [-0.39, 0.29) is 5.91 Å². The number of nitrogens with zero attached hydrogens (tertiary/aromatic N) is 2. The highest BCUT2D eigenvalue weighted by Crippen LogP contribution is 2.12. The Kier molecular flexibility index (Phi) is 6.19. The van der Waals surface area contributed by atoms with Crippen LogP contribution in [0, 0.1) is 13.8 Å². The third-order valence-electron chi connectivity index (χ3n) is 3.50. The van der Waals surface area contributed by atoms with Crippen LogP contribution in [0.15, 0.2) is 34.8 Å². The van der Waals surface area contributed by atoms with Crippen LogP contribution in [0.25, 0.3) is 0 Å². The molecular weight excluding hydrogens is 342 g/mol. The predicted molar refractivity (Wildman–Crippen MR) is 91.8 cm³/mol. The fourth-order valence-corrected chi connectivity index (χ4v) is 2.84. The molecule has 0 unspecified atom stereocenters.